The monoisotopic (exact) mass is 312 g/mol. The Morgan fingerprint density at radius 2 is 2.09 bits per heavy atom. The van der Waals surface area contributed by atoms with Gasteiger partial charge in [0.15, 0.2) is 0 Å². The Labute approximate surface area is 127 Å². The molecule has 0 aliphatic carbocycles. The van der Waals surface area contributed by atoms with Crippen LogP contribution >= 0.6 is 0 Å². The van der Waals surface area contributed by atoms with Crippen molar-refractivity contribution in [2.75, 3.05) is 19.7 Å². The Hall–Kier alpha value is -2.09. The van der Waals surface area contributed by atoms with Crippen LogP contribution in [0.25, 0.3) is 11.5 Å². The summed E-state index contributed by atoms with van der Waals surface area (Å²) in [5.74, 6) is 1.09. The summed E-state index contributed by atoms with van der Waals surface area (Å²) < 4.78 is 34.4. The molecule has 22 heavy (non-hydrogen) atoms. The van der Waals surface area contributed by atoms with Gasteiger partial charge in [-0.05, 0) is 19.2 Å². The van der Waals surface area contributed by atoms with Gasteiger partial charge in [0.25, 0.3) is 6.43 Å². The van der Waals surface area contributed by atoms with Crippen LogP contribution in [0, 0.1) is 0 Å². The van der Waals surface area contributed by atoms with Gasteiger partial charge in [-0.15, -0.1) is 0 Å². The fourth-order valence-electron chi connectivity index (χ4n) is 1.84. The predicted molar refractivity (Wildman–Crippen MR) is 75.7 cm³/mol. The Balaban J connectivity index is 2.08. The fourth-order valence-corrected chi connectivity index (χ4v) is 1.84. The molecule has 0 saturated carbocycles. The Kier molecular flexibility index (Phi) is 5.76. The molecule has 0 bridgehead atoms. The fraction of sp³-hybridized carbons (Fsp3) is 0.500. The van der Waals surface area contributed by atoms with Crippen LogP contribution in [0.1, 0.15) is 19.7 Å². The number of halogens is 2. The second-order valence-electron chi connectivity index (χ2n) is 4.55. The first-order chi connectivity index (χ1) is 10.6. The Bertz CT molecular complexity index is 588. The topological polar surface area (TPSA) is 64.3 Å². The van der Waals surface area contributed by atoms with Crippen LogP contribution in [0.4, 0.5) is 8.78 Å². The summed E-state index contributed by atoms with van der Waals surface area (Å²) in [6, 6.07) is 3.01. The van der Waals surface area contributed by atoms with Crippen molar-refractivity contribution in [2.45, 2.75) is 26.8 Å². The van der Waals surface area contributed by atoms with Crippen LogP contribution in [0.15, 0.2) is 22.9 Å². The zero-order valence-electron chi connectivity index (χ0n) is 12.5. The molecule has 0 unspecified atom stereocenters. The van der Waals surface area contributed by atoms with Gasteiger partial charge in [0.2, 0.25) is 11.7 Å². The molecule has 0 radical (unpaired) electrons. The van der Waals surface area contributed by atoms with Gasteiger partial charge < -0.3 is 9.26 Å². The van der Waals surface area contributed by atoms with Crippen LogP contribution in [-0.4, -0.2) is 46.1 Å². The molecule has 0 atom stereocenters. The van der Waals surface area contributed by atoms with Crippen molar-refractivity contribution < 1.29 is 18.0 Å². The number of hydrogen-bond acceptors (Lipinski definition) is 6. The van der Waals surface area contributed by atoms with Crippen LogP contribution in [0.3, 0.4) is 0 Å². The quantitative estimate of drug-likeness (QED) is 0.746. The molecule has 2 aromatic rings. The third-order valence-corrected chi connectivity index (χ3v) is 3.06. The van der Waals surface area contributed by atoms with Crippen molar-refractivity contribution in [3.8, 4) is 17.3 Å². The summed E-state index contributed by atoms with van der Waals surface area (Å²) >= 11 is 0. The van der Waals surface area contributed by atoms with Crippen molar-refractivity contribution in [1.82, 2.24) is 20.0 Å². The zero-order valence-corrected chi connectivity index (χ0v) is 12.5. The highest BCUT2D eigenvalue weighted by Gasteiger charge is 2.13. The maximum atomic E-state index is 12.2. The minimum atomic E-state index is -2.53. The molecule has 0 aliphatic rings. The third-order valence-electron chi connectivity index (χ3n) is 3.06. The molecule has 0 N–H and O–H groups in total. The number of alkyl halides is 2. The van der Waals surface area contributed by atoms with E-state index < -0.39 is 13.0 Å². The van der Waals surface area contributed by atoms with E-state index in [1.165, 1.54) is 18.3 Å². The lowest BCUT2D eigenvalue weighted by molar-refractivity contribution is 0.0819. The number of ether oxygens (including phenoxy) is 1. The van der Waals surface area contributed by atoms with Crippen LogP contribution in [0.2, 0.25) is 0 Å². The van der Waals surface area contributed by atoms with Crippen LogP contribution < -0.4 is 4.74 Å². The maximum absolute atomic E-state index is 12.2. The molecule has 0 aliphatic heterocycles. The van der Waals surface area contributed by atoms with Crippen molar-refractivity contribution in [2.24, 2.45) is 0 Å². The van der Waals surface area contributed by atoms with E-state index in [1.54, 1.807) is 0 Å². The van der Waals surface area contributed by atoms with E-state index in [-0.39, 0.29) is 0 Å². The standard InChI is InChI=1S/C14H18F2N4O2/c1-3-20(4-2)8-13-18-14(19-22-13)11-7-10(5-6-17-11)21-9-12(15)16/h5-7,12H,3-4,8-9H2,1-2H3. The van der Waals surface area contributed by atoms with Gasteiger partial charge in [0, 0.05) is 12.3 Å². The highest BCUT2D eigenvalue weighted by atomic mass is 19.3. The minimum absolute atomic E-state index is 0.292. The average Bonchev–Trinajstić information content (AvgIpc) is 2.99. The molecular weight excluding hydrogens is 294 g/mol. The van der Waals surface area contributed by atoms with Gasteiger partial charge in [-0.3, -0.25) is 9.88 Å². The van der Waals surface area contributed by atoms with E-state index in [2.05, 4.69) is 20.0 Å². The van der Waals surface area contributed by atoms with Gasteiger partial charge in [-0.25, -0.2) is 8.78 Å². The summed E-state index contributed by atoms with van der Waals surface area (Å²) in [6.45, 7) is 5.75. The molecule has 0 saturated heterocycles. The smallest absolute Gasteiger partial charge is 0.272 e. The molecule has 8 heteroatoms. The Morgan fingerprint density at radius 1 is 1.32 bits per heavy atom. The van der Waals surface area contributed by atoms with Gasteiger partial charge in [0.1, 0.15) is 18.1 Å². The molecule has 120 valence electrons. The molecule has 0 spiro atoms. The van der Waals surface area contributed by atoms with Gasteiger partial charge in [-0.2, -0.15) is 4.98 Å². The summed E-state index contributed by atoms with van der Waals surface area (Å²) in [6.07, 6.45) is -1.07. The summed E-state index contributed by atoms with van der Waals surface area (Å²) in [4.78, 5) is 10.5. The number of nitrogens with zero attached hydrogens (tertiary/aromatic N) is 4. The summed E-state index contributed by atoms with van der Waals surface area (Å²) in [5.41, 5.74) is 0.418. The highest BCUT2D eigenvalue weighted by Crippen LogP contribution is 2.19. The van der Waals surface area contributed by atoms with Crippen molar-refractivity contribution in [1.29, 1.82) is 0 Å². The minimum Gasteiger partial charge on any atom is -0.488 e. The molecule has 0 fully saturated rings. The van der Waals surface area contributed by atoms with Crippen LogP contribution in [0.5, 0.6) is 5.75 Å². The number of pyridine rings is 1. The number of aromatic nitrogens is 3. The van der Waals surface area contributed by atoms with Crippen molar-refractivity contribution in [3.63, 3.8) is 0 Å². The molecule has 0 aromatic carbocycles. The van der Waals surface area contributed by atoms with E-state index in [0.29, 0.717) is 29.7 Å². The lowest BCUT2D eigenvalue weighted by Gasteiger charge is -2.14. The first kappa shape index (κ1) is 16.3. The predicted octanol–water partition coefficient (Wildman–Crippen LogP) is 2.62. The van der Waals surface area contributed by atoms with E-state index in [4.69, 9.17) is 9.26 Å². The highest BCUT2D eigenvalue weighted by molar-refractivity contribution is 5.50. The van der Waals surface area contributed by atoms with Crippen molar-refractivity contribution in [3.05, 3.63) is 24.2 Å². The SMILES string of the molecule is CCN(CC)Cc1nc(-c2cc(OCC(F)F)ccn2)no1. The first-order valence-corrected chi connectivity index (χ1v) is 7.04. The lowest BCUT2D eigenvalue weighted by atomic mass is 10.3. The molecule has 0 amide bonds. The average molecular weight is 312 g/mol. The largest absolute Gasteiger partial charge is 0.488 e. The van der Waals surface area contributed by atoms with E-state index in [1.807, 2.05) is 13.8 Å². The normalized spacial score (nSPS) is 11.4. The Morgan fingerprint density at radius 3 is 2.77 bits per heavy atom. The summed E-state index contributed by atoms with van der Waals surface area (Å²) in [7, 11) is 0. The third kappa shape index (κ3) is 4.45. The molecule has 2 heterocycles. The first-order valence-electron chi connectivity index (χ1n) is 7.04. The van der Waals surface area contributed by atoms with Gasteiger partial charge in [-0.1, -0.05) is 19.0 Å². The molecular formula is C14H18F2N4O2. The molecule has 2 aromatic heterocycles. The lowest BCUT2D eigenvalue weighted by Crippen LogP contribution is -2.22. The maximum Gasteiger partial charge on any atom is 0.272 e. The molecule has 2 rings (SSSR count). The van der Waals surface area contributed by atoms with E-state index >= 15 is 0 Å². The molecule has 6 nitrogen and oxygen atoms in total. The second kappa shape index (κ2) is 7.79. The summed E-state index contributed by atoms with van der Waals surface area (Å²) in [5, 5.41) is 3.87. The van der Waals surface area contributed by atoms with E-state index in [0.717, 1.165) is 13.1 Å². The second-order valence-corrected chi connectivity index (χ2v) is 4.55. The van der Waals surface area contributed by atoms with E-state index in [9.17, 15) is 8.78 Å². The van der Waals surface area contributed by atoms with Gasteiger partial charge in [0.05, 0.1) is 6.54 Å². The zero-order chi connectivity index (χ0) is 15.9. The number of rotatable bonds is 8. The number of hydrogen-bond donors (Lipinski definition) is 0. The van der Waals surface area contributed by atoms with Crippen molar-refractivity contribution >= 4 is 0 Å². The van der Waals surface area contributed by atoms with Gasteiger partial charge >= 0.3 is 0 Å². The van der Waals surface area contributed by atoms with Crippen LogP contribution in [-0.2, 0) is 6.54 Å².